The van der Waals surface area contributed by atoms with E-state index in [1.807, 2.05) is 47.0 Å². The molecule has 0 radical (unpaired) electrons. The predicted molar refractivity (Wildman–Crippen MR) is 123 cm³/mol. The Bertz CT molecular complexity index is 1100. The molecule has 2 saturated carbocycles. The molecular formula is C25H30FN5O. The van der Waals surface area contributed by atoms with Gasteiger partial charge in [-0.15, -0.1) is 10.2 Å². The zero-order valence-corrected chi connectivity index (χ0v) is 18.9. The number of fused-ring (bicyclic) bond motifs is 2. The fraction of sp³-hybridized carbons (Fsp3) is 0.480. The number of rotatable bonds is 4. The molecular weight excluding hydrogens is 405 g/mol. The molecule has 0 aliphatic heterocycles. The Morgan fingerprint density at radius 3 is 2.69 bits per heavy atom. The lowest BCUT2D eigenvalue weighted by molar-refractivity contribution is -0.0540. The molecule has 4 atom stereocenters. The zero-order chi connectivity index (χ0) is 22.5. The van der Waals surface area contributed by atoms with Gasteiger partial charge >= 0.3 is 0 Å². The number of anilines is 1. The zero-order valence-electron chi connectivity index (χ0n) is 18.9. The summed E-state index contributed by atoms with van der Waals surface area (Å²) in [5, 5.41) is 19.3. The van der Waals surface area contributed by atoms with Gasteiger partial charge in [0.1, 0.15) is 11.9 Å². The first-order valence-corrected chi connectivity index (χ1v) is 11.3. The number of phenolic OH excluding ortho intramolecular Hbond substituents is 1. The summed E-state index contributed by atoms with van der Waals surface area (Å²) in [5.41, 5.74) is 1.91. The summed E-state index contributed by atoms with van der Waals surface area (Å²) >= 11 is 0. The van der Waals surface area contributed by atoms with Crippen LogP contribution in [0, 0.1) is 10.8 Å². The normalized spacial score (nSPS) is 29.6. The van der Waals surface area contributed by atoms with E-state index in [0.717, 1.165) is 31.4 Å². The van der Waals surface area contributed by atoms with Gasteiger partial charge in [0, 0.05) is 36.5 Å². The van der Waals surface area contributed by atoms with Crippen molar-refractivity contribution in [3.8, 4) is 22.7 Å². The Balaban J connectivity index is 1.38. The highest BCUT2D eigenvalue weighted by atomic mass is 19.1. The minimum Gasteiger partial charge on any atom is -0.507 e. The van der Waals surface area contributed by atoms with Gasteiger partial charge in [0.15, 0.2) is 5.82 Å². The van der Waals surface area contributed by atoms with E-state index in [0.29, 0.717) is 17.1 Å². The Morgan fingerprint density at radius 1 is 1.16 bits per heavy atom. The van der Waals surface area contributed by atoms with E-state index in [1.54, 1.807) is 18.6 Å². The van der Waals surface area contributed by atoms with Crippen LogP contribution in [0.15, 0.2) is 49.1 Å². The third-order valence-corrected chi connectivity index (χ3v) is 7.63. The molecule has 32 heavy (non-hydrogen) atoms. The number of aromatic nitrogens is 4. The SMILES string of the molecule is CN(c1ccc(-c2ccc(-n3ccnc3)cc2O)nn1)[C@@H]1C[C@@]2(C)CCC[C@](C)(C2)[C@H]1F. The first-order chi connectivity index (χ1) is 15.3. The van der Waals surface area contributed by atoms with Crippen molar-refractivity contribution in [3.63, 3.8) is 0 Å². The molecule has 2 aliphatic rings. The lowest BCUT2D eigenvalue weighted by Gasteiger charge is -2.55. The topological polar surface area (TPSA) is 67.1 Å². The van der Waals surface area contributed by atoms with Crippen molar-refractivity contribution in [2.24, 2.45) is 10.8 Å². The molecule has 0 saturated heterocycles. The minimum atomic E-state index is -0.887. The van der Waals surface area contributed by atoms with E-state index in [1.165, 1.54) is 6.42 Å². The average molecular weight is 436 g/mol. The molecule has 2 fully saturated rings. The van der Waals surface area contributed by atoms with Crippen molar-refractivity contribution in [1.82, 2.24) is 19.7 Å². The van der Waals surface area contributed by atoms with Gasteiger partial charge < -0.3 is 14.6 Å². The van der Waals surface area contributed by atoms with Gasteiger partial charge in [0.05, 0.1) is 23.8 Å². The first kappa shape index (κ1) is 20.9. The molecule has 168 valence electrons. The summed E-state index contributed by atoms with van der Waals surface area (Å²) in [4.78, 5) is 6.00. The highest BCUT2D eigenvalue weighted by Gasteiger charge is 2.54. The van der Waals surface area contributed by atoms with Gasteiger partial charge in [0.25, 0.3) is 0 Å². The molecule has 1 aromatic carbocycles. The lowest BCUT2D eigenvalue weighted by atomic mass is 9.54. The van der Waals surface area contributed by atoms with Gasteiger partial charge in [-0.25, -0.2) is 9.37 Å². The summed E-state index contributed by atoms with van der Waals surface area (Å²) in [7, 11) is 1.92. The summed E-state index contributed by atoms with van der Waals surface area (Å²) in [5.74, 6) is 0.777. The number of nitrogens with zero attached hydrogens (tertiary/aromatic N) is 5. The molecule has 0 unspecified atom stereocenters. The Morgan fingerprint density at radius 2 is 2.00 bits per heavy atom. The largest absolute Gasteiger partial charge is 0.507 e. The van der Waals surface area contributed by atoms with Gasteiger partial charge in [-0.05, 0) is 55.4 Å². The number of aromatic hydroxyl groups is 1. The number of hydrogen-bond donors (Lipinski definition) is 1. The molecule has 2 aliphatic carbocycles. The maximum Gasteiger partial charge on any atom is 0.151 e. The third-order valence-electron chi connectivity index (χ3n) is 7.63. The molecule has 5 rings (SSSR count). The van der Waals surface area contributed by atoms with Crippen LogP contribution in [-0.4, -0.2) is 44.1 Å². The fourth-order valence-electron chi connectivity index (χ4n) is 6.02. The second-order valence-electron chi connectivity index (χ2n) is 10.2. The van der Waals surface area contributed by atoms with Gasteiger partial charge in [-0.3, -0.25) is 0 Å². The van der Waals surface area contributed by atoms with E-state index in [-0.39, 0.29) is 22.6 Å². The highest BCUT2D eigenvalue weighted by molar-refractivity contribution is 5.69. The maximum atomic E-state index is 15.6. The second kappa shape index (κ2) is 7.57. The third kappa shape index (κ3) is 3.53. The van der Waals surface area contributed by atoms with Crippen molar-refractivity contribution < 1.29 is 9.50 Å². The lowest BCUT2D eigenvalue weighted by Crippen LogP contribution is -2.57. The quantitative estimate of drug-likeness (QED) is 0.613. The molecule has 2 aromatic heterocycles. The summed E-state index contributed by atoms with van der Waals surface area (Å²) < 4.78 is 17.5. The number of benzene rings is 1. The standard InChI is InChI=1S/C25H30FN5O/c1-24-9-4-10-25(2,15-24)23(26)20(14-24)30(3)22-8-7-19(28-29-22)18-6-5-17(13-21(18)32)31-12-11-27-16-31/h5-8,11-13,16,20,23,32H,4,9-10,14-15H2,1-3H3/t20-,23+,24-,25-/m1/s1. The van der Waals surface area contributed by atoms with Gasteiger partial charge in [-0.2, -0.15) is 0 Å². The van der Waals surface area contributed by atoms with Crippen LogP contribution >= 0.6 is 0 Å². The number of hydrogen-bond acceptors (Lipinski definition) is 5. The van der Waals surface area contributed by atoms with Crippen molar-refractivity contribution in [3.05, 3.63) is 49.1 Å². The summed E-state index contributed by atoms with van der Waals surface area (Å²) in [6, 6.07) is 8.89. The number of imidazole rings is 1. The Hall–Kier alpha value is -2.96. The van der Waals surface area contributed by atoms with E-state index < -0.39 is 6.17 Å². The molecule has 2 heterocycles. The van der Waals surface area contributed by atoms with Crippen LogP contribution in [0.4, 0.5) is 10.2 Å². The number of halogens is 1. The van der Waals surface area contributed by atoms with Crippen LogP contribution in [0.3, 0.4) is 0 Å². The van der Waals surface area contributed by atoms with Crippen molar-refractivity contribution >= 4 is 5.82 Å². The number of alkyl halides is 1. The van der Waals surface area contributed by atoms with E-state index in [4.69, 9.17) is 0 Å². The summed E-state index contributed by atoms with van der Waals surface area (Å²) in [6.45, 7) is 4.42. The van der Waals surface area contributed by atoms with Gasteiger partial charge in [0.2, 0.25) is 0 Å². The van der Waals surface area contributed by atoms with Crippen molar-refractivity contribution in [2.75, 3.05) is 11.9 Å². The van der Waals surface area contributed by atoms with E-state index >= 15 is 4.39 Å². The van der Waals surface area contributed by atoms with E-state index in [9.17, 15) is 5.11 Å². The molecule has 0 spiro atoms. The molecule has 7 heteroatoms. The van der Waals surface area contributed by atoms with Gasteiger partial charge in [-0.1, -0.05) is 20.3 Å². The summed E-state index contributed by atoms with van der Waals surface area (Å²) in [6.07, 6.45) is 9.32. The monoisotopic (exact) mass is 435 g/mol. The number of phenols is 1. The predicted octanol–water partition coefficient (Wildman–Crippen LogP) is 5.17. The molecule has 1 N–H and O–H groups in total. The Labute approximate surface area is 188 Å². The van der Waals surface area contributed by atoms with Crippen LogP contribution in [0.1, 0.15) is 46.0 Å². The van der Waals surface area contributed by atoms with Crippen molar-refractivity contribution in [1.29, 1.82) is 0 Å². The molecule has 0 amide bonds. The first-order valence-electron chi connectivity index (χ1n) is 11.3. The van der Waals surface area contributed by atoms with Crippen LogP contribution < -0.4 is 4.90 Å². The second-order valence-corrected chi connectivity index (χ2v) is 10.2. The van der Waals surface area contributed by atoms with Crippen LogP contribution in [0.2, 0.25) is 0 Å². The average Bonchev–Trinajstić information content (AvgIpc) is 3.31. The molecule has 6 nitrogen and oxygen atoms in total. The molecule has 2 bridgehead atoms. The van der Waals surface area contributed by atoms with Crippen LogP contribution in [-0.2, 0) is 0 Å². The fourth-order valence-corrected chi connectivity index (χ4v) is 6.02. The van der Waals surface area contributed by atoms with Crippen molar-refractivity contribution in [2.45, 2.75) is 58.2 Å². The Kier molecular flexibility index (Phi) is 4.95. The van der Waals surface area contributed by atoms with Crippen LogP contribution in [0.25, 0.3) is 16.9 Å². The maximum absolute atomic E-state index is 15.6. The van der Waals surface area contributed by atoms with E-state index in [2.05, 4.69) is 29.0 Å². The smallest absolute Gasteiger partial charge is 0.151 e. The minimum absolute atomic E-state index is 0.122. The highest BCUT2D eigenvalue weighted by Crippen LogP contribution is 2.57. The van der Waals surface area contributed by atoms with Crippen LogP contribution in [0.5, 0.6) is 5.75 Å². The molecule has 3 aromatic rings.